The highest BCUT2D eigenvalue weighted by atomic mass is 16.5. The van der Waals surface area contributed by atoms with Gasteiger partial charge in [0.25, 0.3) is 0 Å². The van der Waals surface area contributed by atoms with E-state index in [1.54, 1.807) is 7.11 Å². The number of hydrogen-bond donors (Lipinski definition) is 4. The third-order valence-electron chi connectivity index (χ3n) is 15.1. The molecule has 0 spiro atoms. The monoisotopic (exact) mass is 997 g/mol. The molecule has 12 heteroatoms. The molecule has 3 aliphatic rings. The zero-order valence-corrected chi connectivity index (χ0v) is 46.8. The van der Waals surface area contributed by atoms with Gasteiger partial charge in [0, 0.05) is 118 Å². The summed E-state index contributed by atoms with van der Waals surface area (Å²) in [4.78, 5) is 26.0. The predicted molar refractivity (Wildman–Crippen MR) is 297 cm³/mol. The van der Waals surface area contributed by atoms with Gasteiger partial charge in [0.2, 0.25) is 5.91 Å². The number of amides is 1. The second kappa shape index (κ2) is 51.6. The van der Waals surface area contributed by atoms with Crippen molar-refractivity contribution in [1.82, 2.24) is 29.4 Å². The molecule has 1 atom stereocenters. The van der Waals surface area contributed by atoms with Crippen LogP contribution >= 0.6 is 0 Å². The Labute approximate surface area is 434 Å². The molecule has 0 aromatic heterocycles. The van der Waals surface area contributed by atoms with Crippen molar-refractivity contribution < 1.29 is 30.0 Å². The first-order chi connectivity index (χ1) is 34.4. The fraction of sp³-hybridized carbons (Fsp3) is 0.983. The maximum Gasteiger partial charge on any atom is 0.222 e. The van der Waals surface area contributed by atoms with Crippen LogP contribution in [0.3, 0.4) is 0 Å². The summed E-state index contributed by atoms with van der Waals surface area (Å²) in [5, 5.41) is 36.3. The quantitative estimate of drug-likeness (QED) is 0.0437. The van der Waals surface area contributed by atoms with Crippen molar-refractivity contribution in [3.63, 3.8) is 0 Å². The van der Waals surface area contributed by atoms with Gasteiger partial charge in [0.15, 0.2) is 0 Å². The smallest absolute Gasteiger partial charge is 0.222 e. The molecule has 0 radical (unpaired) electrons. The molecule has 0 aromatic rings. The molecule has 3 saturated heterocycles. The number of ether oxygens (including phenoxy) is 1. The largest absolute Gasteiger partial charge is 0.395 e. The molecule has 0 saturated carbocycles. The van der Waals surface area contributed by atoms with E-state index < -0.39 is 0 Å². The fourth-order valence-corrected chi connectivity index (χ4v) is 10.3. The van der Waals surface area contributed by atoms with Gasteiger partial charge in [-0.05, 0) is 19.4 Å². The summed E-state index contributed by atoms with van der Waals surface area (Å²) in [5.74, 6) is 0.332. The maximum atomic E-state index is 12.3. The Kier molecular flexibility index (Phi) is 49.4. The molecule has 1 amide bonds. The van der Waals surface area contributed by atoms with Gasteiger partial charge in [-0.1, -0.05) is 200 Å². The summed E-state index contributed by atoms with van der Waals surface area (Å²) in [6.07, 6.45) is 43.9. The van der Waals surface area contributed by atoms with Crippen molar-refractivity contribution in [1.29, 1.82) is 0 Å². The third kappa shape index (κ3) is 41.4. The lowest BCUT2D eigenvalue weighted by atomic mass is 10.0. The van der Waals surface area contributed by atoms with Crippen LogP contribution in [0.25, 0.3) is 0 Å². The fourth-order valence-electron chi connectivity index (χ4n) is 10.3. The minimum atomic E-state index is -0.389. The number of methoxy groups -OCH3 is 1. The Bertz CT molecular complexity index is 1060. The van der Waals surface area contributed by atoms with E-state index in [0.29, 0.717) is 25.7 Å². The van der Waals surface area contributed by atoms with Crippen molar-refractivity contribution in [2.24, 2.45) is 0 Å². The number of carbonyl (C=O) groups excluding carboxylic acids is 1. The number of unbranched alkanes of at least 4 members (excludes halogenated alkanes) is 29. The Morgan fingerprint density at radius 1 is 0.386 bits per heavy atom. The number of β-amino-alcohol motifs (C(OH)–C–C–N with tert-alkyl or cyclic N) is 4. The Morgan fingerprint density at radius 3 is 0.971 bits per heavy atom. The Hall–Kier alpha value is -0.930. The lowest BCUT2D eigenvalue weighted by Gasteiger charge is -2.35. The van der Waals surface area contributed by atoms with Gasteiger partial charge in [-0.2, -0.15) is 0 Å². The first-order valence-corrected chi connectivity index (χ1v) is 30.3. The molecular formula is C58H120N6O6. The third-order valence-corrected chi connectivity index (χ3v) is 15.1. The molecule has 418 valence electrons. The Morgan fingerprint density at radius 2 is 0.657 bits per heavy atom. The maximum absolute atomic E-state index is 12.3. The number of rotatable bonds is 43. The van der Waals surface area contributed by atoms with Gasteiger partial charge in [-0.25, -0.2) is 0 Å². The number of carbonyl (C=O) groups is 1. The van der Waals surface area contributed by atoms with Gasteiger partial charge in [-0.15, -0.1) is 0 Å². The predicted octanol–water partition coefficient (Wildman–Crippen LogP) is 9.85. The molecule has 3 fully saturated rings. The van der Waals surface area contributed by atoms with Gasteiger partial charge in [-0.3, -0.25) is 24.4 Å². The summed E-state index contributed by atoms with van der Waals surface area (Å²) in [5.41, 5.74) is 0. The average Bonchev–Trinajstić information content (AvgIpc) is 3.37. The molecule has 3 heterocycles. The van der Waals surface area contributed by atoms with E-state index in [-0.39, 0.29) is 19.3 Å². The molecule has 3 rings (SSSR count). The van der Waals surface area contributed by atoms with Crippen molar-refractivity contribution in [3.8, 4) is 0 Å². The lowest BCUT2D eigenvalue weighted by Crippen LogP contribution is -2.49. The molecule has 0 aromatic carbocycles. The van der Waals surface area contributed by atoms with E-state index in [2.05, 4.69) is 38.3 Å². The highest BCUT2D eigenvalue weighted by Gasteiger charge is 2.21. The highest BCUT2D eigenvalue weighted by molar-refractivity contribution is 5.76. The van der Waals surface area contributed by atoms with Crippen molar-refractivity contribution in [2.75, 3.05) is 145 Å². The number of nitrogens with zero attached hydrogens (tertiary/aromatic N) is 6. The first-order valence-electron chi connectivity index (χ1n) is 30.3. The van der Waals surface area contributed by atoms with Crippen LogP contribution in [0.4, 0.5) is 0 Å². The van der Waals surface area contributed by atoms with Crippen LogP contribution in [-0.2, 0) is 9.53 Å². The average molecular weight is 998 g/mol. The number of hydrogen-bond acceptors (Lipinski definition) is 11. The highest BCUT2D eigenvalue weighted by Crippen LogP contribution is 2.16. The van der Waals surface area contributed by atoms with Crippen LogP contribution < -0.4 is 0 Å². The van der Waals surface area contributed by atoms with Crippen LogP contribution in [0.15, 0.2) is 0 Å². The molecule has 4 N–H and O–H groups in total. The van der Waals surface area contributed by atoms with Crippen LogP contribution in [0.5, 0.6) is 0 Å². The molecule has 3 aliphatic heterocycles. The topological polar surface area (TPSA) is 127 Å². The minimum Gasteiger partial charge on any atom is -0.395 e. The minimum absolute atomic E-state index is 0.215. The van der Waals surface area contributed by atoms with Crippen LogP contribution in [0.2, 0.25) is 0 Å². The zero-order valence-electron chi connectivity index (χ0n) is 46.8. The summed E-state index contributed by atoms with van der Waals surface area (Å²) >= 11 is 0. The first kappa shape index (κ1) is 67.1. The van der Waals surface area contributed by atoms with Gasteiger partial charge >= 0.3 is 0 Å². The normalized spacial score (nSPS) is 17.0. The second-order valence-corrected chi connectivity index (χ2v) is 21.3. The standard InChI is InChI=1S/C24H48N2O2.C24H50N2O.C10H22N2O3/c1-2-3-4-5-6-7-8-9-10-11-12-13-14-15-16-17-24(28)26-20-18-25(19-21-26)22-23-27;1-2-3-4-5-6-7-8-9-10-11-12-13-14-15-16-17-18-25-19-21-26(22-20-25)23-24-27;1-15-9-10(14)8-12-4-2-11(3-5-12)6-7-13/h27H,2-23H2,1H3;27H,2-24H2,1H3;10,13-14H,2-9H2,1H3. The van der Waals surface area contributed by atoms with Gasteiger partial charge in [0.1, 0.15) is 0 Å². The Balaban J connectivity index is 0.000000549. The molecule has 0 bridgehead atoms. The van der Waals surface area contributed by atoms with E-state index in [0.717, 1.165) is 97.9 Å². The zero-order chi connectivity index (χ0) is 50.8. The summed E-state index contributed by atoms with van der Waals surface area (Å²) in [6.45, 7) is 22.0. The van der Waals surface area contributed by atoms with E-state index in [1.165, 1.54) is 212 Å². The van der Waals surface area contributed by atoms with Crippen molar-refractivity contribution >= 4 is 5.91 Å². The van der Waals surface area contributed by atoms with Crippen LogP contribution in [-0.4, -0.2) is 207 Å². The molecule has 1 unspecified atom stereocenters. The van der Waals surface area contributed by atoms with Crippen molar-refractivity contribution in [2.45, 2.75) is 225 Å². The molecule has 70 heavy (non-hydrogen) atoms. The van der Waals surface area contributed by atoms with E-state index in [4.69, 9.17) is 20.1 Å². The number of aliphatic hydroxyl groups excluding tert-OH is 4. The van der Waals surface area contributed by atoms with Crippen LogP contribution in [0.1, 0.15) is 219 Å². The van der Waals surface area contributed by atoms with Crippen molar-refractivity contribution in [3.05, 3.63) is 0 Å². The van der Waals surface area contributed by atoms with Gasteiger partial charge in [0.05, 0.1) is 32.5 Å². The summed E-state index contributed by atoms with van der Waals surface area (Å²) in [6, 6.07) is 0. The van der Waals surface area contributed by atoms with Crippen LogP contribution in [0, 0.1) is 0 Å². The number of piperazine rings is 3. The van der Waals surface area contributed by atoms with Gasteiger partial charge < -0.3 is 35.0 Å². The summed E-state index contributed by atoms with van der Waals surface area (Å²) in [7, 11) is 1.60. The molecular weight excluding hydrogens is 877 g/mol. The van der Waals surface area contributed by atoms with E-state index >= 15 is 0 Å². The number of aliphatic hydroxyl groups is 4. The second-order valence-electron chi connectivity index (χ2n) is 21.3. The lowest BCUT2D eigenvalue weighted by molar-refractivity contribution is -0.133. The summed E-state index contributed by atoms with van der Waals surface area (Å²) < 4.78 is 4.88. The SMILES string of the molecule is CCCCCCCCCCCCCCCCCC(=O)N1CCN(CCO)CC1.CCCCCCCCCCCCCCCCCCN1CCN(CCO)CC1.COCC(O)CN1CCN(CCO)CC1. The molecule has 12 nitrogen and oxygen atoms in total. The van der Waals surface area contributed by atoms with E-state index in [9.17, 15) is 9.90 Å². The van der Waals surface area contributed by atoms with E-state index in [1.807, 2.05) is 4.90 Å². The molecule has 0 aliphatic carbocycles.